The molecule has 0 saturated heterocycles. The summed E-state index contributed by atoms with van der Waals surface area (Å²) in [5.74, 6) is 1.02. The number of nitrogens with one attached hydrogen (secondary N) is 1. The maximum absolute atomic E-state index is 12.4. The fourth-order valence-corrected chi connectivity index (χ4v) is 3.18. The van der Waals surface area contributed by atoms with Gasteiger partial charge in [-0.15, -0.1) is 11.6 Å². The molecular formula is C14H22ClN3O. The van der Waals surface area contributed by atoms with Crippen LogP contribution in [0.3, 0.4) is 0 Å². The molecule has 2 atom stereocenters. The van der Waals surface area contributed by atoms with Crippen LogP contribution >= 0.6 is 11.6 Å². The molecular weight excluding hydrogens is 262 g/mol. The first kappa shape index (κ1) is 14.4. The quantitative estimate of drug-likeness (QED) is 0.863. The van der Waals surface area contributed by atoms with Crippen LogP contribution in [0.4, 0.5) is 0 Å². The summed E-state index contributed by atoms with van der Waals surface area (Å²) >= 11 is 6.00. The van der Waals surface area contributed by atoms with Gasteiger partial charge in [-0.1, -0.05) is 19.8 Å². The highest BCUT2D eigenvalue weighted by Gasteiger charge is 2.27. The molecule has 1 N–H and O–H groups in total. The van der Waals surface area contributed by atoms with Gasteiger partial charge in [0, 0.05) is 25.2 Å². The largest absolute Gasteiger partial charge is 0.349 e. The van der Waals surface area contributed by atoms with Crippen LogP contribution < -0.4 is 5.32 Å². The number of halogens is 1. The second-order valence-electron chi connectivity index (χ2n) is 5.30. The van der Waals surface area contributed by atoms with E-state index in [1.165, 1.54) is 12.8 Å². The van der Waals surface area contributed by atoms with Gasteiger partial charge in [-0.3, -0.25) is 9.48 Å². The minimum absolute atomic E-state index is 0.00744. The summed E-state index contributed by atoms with van der Waals surface area (Å²) in [5.41, 5.74) is 1.56. The Bertz CT molecular complexity index is 444. The van der Waals surface area contributed by atoms with E-state index in [-0.39, 0.29) is 11.9 Å². The van der Waals surface area contributed by atoms with Gasteiger partial charge >= 0.3 is 0 Å². The molecule has 2 rings (SSSR count). The fraction of sp³-hybridized carbons (Fsp3) is 0.714. The lowest BCUT2D eigenvalue weighted by Gasteiger charge is -2.30. The summed E-state index contributed by atoms with van der Waals surface area (Å²) < 4.78 is 1.70. The Hall–Kier alpha value is -1.03. The average molecular weight is 284 g/mol. The maximum Gasteiger partial charge on any atom is 0.254 e. The van der Waals surface area contributed by atoms with E-state index in [4.69, 9.17) is 11.6 Å². The minimum Gasteiger partial charge on any atom is -0.349 e. The van der Waals surface area contributed by atoms with Crippen LogP contribution in [0.15, 0.2) is 6.20 Å². The summed E-state index contributed by atoms with van der Waals surface area (Å²) in [6.07, 6.45) is 7.11. The molecule has 5 heteroatoms. The second kappa shape index (κ2) is 6.42. The first-order chi connectivity index (χ1) is 9.15. The van der Waals surface area contributed by atoms with Crippen molar-refractivity contribution in [3.63, 3.8) is 0 Å². The summed E-state index contributed by atoms with van der Waals surface area (Å²) in [6, 6.07) is 0.212. The molecule has 0 spiro atoms. The Labute approximate surface area is 119 Å². The SMILES string of the molecule is CCc1nn(C)cc1C(=O)NC1CCCCC1CCl. The molecule has 1 fully saturated rings. The molecule has 1 aliphatic rings. The van der Waals surface area contributed by atoms with Crippen molar-refractivity contribution in [2.75, 3.05) is 5.88 Å². The number of alkyl halides is 1. The van der Waals surface area contributed by atoms with Crippen molar-refractivity contribution < 1.29 is 4.79 Å². The van der Waals surface area contributed by atoms with E-state index in [0.29, 0.717) is 17.4 Å². The molecule has 1 aromatic rings. The lowest BCUT2D eigenvalue weighted by molar-refractivity contribution is 0.0910. The molecule has 1 saturated carbocycles. The van der Waals surface area contributed by atoms with Crippen LogP contribution in [0.1, 0.15) is 48.7 Å². The number of amides is 1. The molecule has 2 unspecified atom stereocenters. The molecule has 1 aliphatic carbocycles. The number of rotatable bonds is 4. The van der Waals surface area contributed by atoms with E-state index in [9.17, 15) is 4.79 Å². The van der Waals surface area contributed by atoms with Gasteiger partial charge in [-0.25, -0.2) is 0 Å². The lowest BCUT2D eigenvalue weighted by atomic mass is 9.85. The van der Waals surface area contributed by atoms with E-state index in [1.807, 2.05) is 14.0 Å². The van der Waals surface area contributed by atoms with Gasteiger partial charge in [0.15, 0.2) is 0 Å². The summed E-state index contributed by atoms with van der Waals surface area (Å²) in [7, 11) is 1.85. The summed E-state index contributed by atoms with van der Waals surface area (Å²) in [6.45, 7) is 2.02. The summed E-state index contributed by atoms with van der Waals surface area (Å²) in [4.78, 5) is 12.4. The van der Waals surface area contributed by atoms with E-state index in [0.717, 1.165) is 25.0 Å². The van der Waals surface area contributed by atoms with Crippen LogP contribution in [0.2, 0.25) is 0 Å². The predicted octanol–water partition coefficient (Wildman–Crippen LogP) is 2.51. The van der Waals surface area contributed by atoms with Crippen molar-refractivity contribution >= 4 is 17.5 Å². The van der Waals surface area contributed by atoms with Crippen LogP contribution in [0.25, 0.3) is 0 Å². The number of aromatic nitrogens is 2. The minimum atomic E-state index is -0.00744. The zero-order chi connectivity index (χ0) is 13.8. The van der Waals surface area contributed by atoms with Gasteiger partial charge in [-0.05, 0) is 25.2 Å². The molecule has 0 radical (unpaired) electrons. The molecule has 0 aliphatic heterocycles. The van der Waals surface area contributed by atoms with Crippen molar-refractivity contribution in [3.8, 4) is 0 Å². The van der Waals surface area contributed by atoms with Gasteiger partial charge in [0.1, 0.15) is 0 Å². The highest BCUT2D eigenvalue weighted by molar-refractivity contribution is 6.18. The Kier molecular flexibility index (Phi) is 4.86. The molecule has 1 amide bonds. The highest BCUT2D eigenvalue weighted by Crippen LogP contribution is 2.25. The van der Waals surface area contributed by atoms with Crippen molar-refractivity contribution in [2.24, 2.45) is 13.0 Å². The van der Waals surface area contributed by atoms with Gasteiger partial charge < -0.3 is 5.32 Å². The van der Waals surface area contributed by atoms with Gasteiger partial charge in [-0.2, -0.15) is 5.10 Å². The van der Waals surface area contributed by atoms with E-state index >= 15 is 0 Å². The number of aryl methyl sites for hydroxylation is 2. The third-order valence-corrected chi connectivity index (χ3v) is 4.30. The average Bonchev–Trinajstić information content (AvgIpc) is 2.80. The number of nitrogens with zero attached hydrogens (tertiary/aromatic N) is 2. The smallest absolute Gasteiger partial charge is 0.254 e. The zero-order valence-electron chi connectivity index (χ0n) is 11.7. The highest BCUT2D eigenvalue weighted by atomic mass is 35.5. The Balaban J connectivity index is 2.07. The fourth-order valence-electron chi connectivity index (χ4n) is 2.81. The zero-order valence-corrected chi connectivity index (χ0v) is 12.4. The van der Waals surface area contributed by atoms with Crippen LogP contribution in [-0.4, -0.2) is 27.6 Å². The standard InChI is InChI=1S/C14H22ClN3O/c1-3-12-11(9-18(2)17-12)14(19)16-13-7-5-4-6-10(13)8-15/h9-10,13H,3-8H2,1-2H3,(H,16,19). The van der Waals surface area contributed by atoms with Gasteiger partial charge in [0.2, 0.25) is 0 Å². The molecule has 1 aromatic heterocycles. The normalized spacial score (nSPS) is 23.3. The van der Waals surface area contributed by atoms with Crippen LogP contribution in [0.5, 0.6) is 0 Å². The monoisotopic (exact) mass is 283 g/mol. The van der Waals surface area contributed by atoms with Crippen molar-refractivity contribution in [3.05, 3.63) is 17.5 Å². The van der Waals surface area contributed by atoms with E-state index < -0.39 is 0 Å². The lowest BCUT2D eigenvalue weighted by Crippen LogP contribution is -2.43. The molecule has 1 heterocycles. The van der Waals surface area contributed by atoms with Crippen molar-refractivity contribution in [2.45, 2.75) is 45.1 Å². The third kappa shape index (κ3) is 3.30. The van der Waals surface area contributed by atoms with Crippen LogP contribution in [-0.2, 0) is 13.5 Å². The Morgan fingerprint density at radius 1 is 1.53 bits per heavy atom. The molecule has 0 aromatic carbocycles. The number of carbonyl (C=O) groups excluding carboxylic acids is 1. The van der Waals surface area contributed by atoms with Crippen molar-refractivity contribution in [1.29, 1.82) is 0 Å². The predicted molar refractivity (Wildman–Crippen MR) is 76.5 cm³/mol. The second-order valence-corrected chi connectivity index (χ2v) is 5.60. The molecule has 19 heavy (non-hydrogen) atoms. The number of hydrogen-bond donors (Lipinski definition) is 1. The number of hydrogen-bond acceptors (Lipinski definition) is 2. The van der Waals surface area contributed by atoms with Crippen LogP contribution in [0, 0.1) is 5.92 Å². The van der Waals surface area contributed by atoms with Crippen molar-refractivity contribution in [1.82, 2.24) is 15.1 Å². The first-order valence-corrected chi connectivity index (χ1v) is 7.58. The first-order valence-electron chi connectivity index (χ1n) is 7.05. The van der Waals surface area contributed by atoms with E-state index in [2.05, 4.69) is 10.4 Å². The van der Waals surface area contributed by atoms with Gasteiger partial charge in [0.25, 0.3) is 5.91 Å². The Morgan fingerprint density at radius 3 is 2.95 bits per heavy atom. The summed E-state index contributed by atoms with van der Waals surface area (Å²) in [5, 5.41) is 7.46. The molecule has 106 valence electrons. The molecule has 4 nitrogen and oxygen atoms in total. The van der Waals surface area contributed by atoms with Gasteiger partial charge in [0.05, 0.1) is 11.3 Å². The topological polar surface area (TPSA) is 46.9 Å². The molecule has 0 bridgehead atoms. The Morgan fingerprint density at radius 2 is 2.26 bits per heavy atom. The maximum atomic E-state index is 12.4. The number of carbonyl (C=O) groups is 1. The third-order valence-electron chi connectivity index (χ3n) is 3.91. The van der Waals surface area contributed by atoms with E-state index in [1.54, 1.807) is 10.9 Å².